The predicted octanol–water partition coefficient (Wildman–Crippen LogP) is 4.03. The molecule has 0 fully saturated rings. The Labute approximate surface area is 141 Å². The lowest BCUT2D eigenvalue weighted by molar-refractivity contribution is 0.0297. The minimum absolute atomic E-state index is 0.254. The van der Waals surface area contributed by atoms with Crippen LogP contribution in [0.1, 0.15) is 52.0 Å². The Hall–Kier alpha value is -1.55. The van der Waals surface area contributed by atoms with E-state index in [0.717, 1.165) is 25.9 Å². The molecular weight excluding hydrogens is 288 g/mol. The van der Waals surface area contributed by atoms with Crippen molar-refractivity contribution in [2.75, 3.05) is 26.7 Å². The standard InChI is InChI=1S/C19H32N2O2/c1-16(17-10-7-6-8-11-17)12-14-20-13-9-15-21(5)18(22)23-19(2,3)4/h6-8,10-11,16,20H,9,12-15H2,1-5H3. The van der Waals surface area contributed by atoms with Gasteiger partial charge in [0, 0.05) is 13.6 Å². The maximum Gasteiger partial charge on any atom is 0.410 e. The predicted molar refractivity (Wildman–Crippen MR) is 95.8 cm³/mol. The van der Waals surface area contributed by atoms with Crippen LogP contribution in [-0.2, 0) is 4.74 Å². The van der Waals surface area contributed by atoms with Crippen LogP contribution in [0, 0.1) is 0 Å². The molecule has 1 amide bonds. The van der Waals surface area contributed by atoms with Crippen LogP contribution in [0.3, 0.4) is 0 Å². The molecule has 130 valence electrons. The SMILES string of the molecule is CC(CCNCCCN(C)C(=O)OC(C)(C)C)c1ccccc1. The highest BCUT2D eigenvalue weighted by molar-refractivity contribution is 5.67. The molecule has 1 unspecified atom stereocenters. The minimum Gasteiger partial charge on any atom is -0.444 e. The zero-order valence-electron chi connectivity index (χ0n) is 15.3. The number of benzene rings is 1. The molecule has 1 N–H and O–H groups in total. The molecule has 0 saturated heterocycles. The van der Waals surface area contributed by atoms with E-state index in [1.807, 2.05) is 20.8 Å². The number of hydrogen-bond acceptors (Lipinski definition) is 3. The molecule has 1 aromatic carbocycles. The van der Waals surface area contributed by atoms with Crippen LogP contribution < -0.4 is 5.32 Å². The summed E-state index contributed by atoms with van der Waals surface area (Å²) < 4.78 is 5.32. The first-order valence-corrected chi connectivity index (χ1v) is 8.49. The van der Waals surface area contributed by atoms with Crippen LogP contribution in [0.2, 0.25) is 0 Å². The molecule has 23 heavy (non-hydrogen) atoms. The Morgan fingerprint density at radius 1 is 1.22 bits per heavy atom. The first-order chi connectivity index (χ1) is 10.8. The number of carbonyl (C=O) groups excluding carboxylic acids is 1. The van der Waals surface area contributed by atoms with E-state index in [1.165, 1.54) is 5.56 Å². The van der Waals surface area contributed by atoms with Gasteiger partial charge in [-0.15, -0.1) is 0 Å². The number of nitrogens with one attached hydrogen (secondary N) is 1. The lowest BCUT2D eigenvalue weighted by atomic mass is 9.98. The van der Waals surface area contributed by atoms with E-state index in [0.29, 0.717) is 12.5 Å². The van der Waals surface area contributed by atoms with Gasteiger partial charge in [-0.1, -0.05) is 37.3 Å². The maximum absolute atomic E-state index is 11.8. The van der Waals surface area contributed by atoms with E-state index in [-0.39, 0.29) is 6.09 Å². The Bertz CT molecular complexity index is 454. The molecule has 0 radical (unpaired) electrons. The zero-order valence-corrected chi connectivity index (χ0v) is 15.3. The second kappa shape index (κ2) is 9.56. The molecule has 0 aromatic heterocycles. The highest BCUT2D eigenvalue weighted by Gasteiger charge is 2.18. The normalized spacial score (nSPS) is 12.7. The number of carbonyl (C=O) groups is 1. The maximum atomic E-state index is 11.8. The summed E-state index contributed by atoms with van der Waals surface area (Å²) in [6.45, 7) is 10.5. The van der Waals surface area contributed by atoms with Gasteiger partial charge < -0.3 is 15.0 Å². The van der Waals surface area contributed by atoms with Gasteiger partial charge in [-0.05, 0) is 58.2 Å². The van der Waals surface area contributed by atoms with Gasteiger partial charge >= 0.3 is 6.09 Å². The molecule has 0 spiro atoms. The molecule has 1 atom stereocenters. The van der Waals surface area contributed by atoms with Gasteiger partial charge in [0.05, 0.1) is 0 Å². The van der Waals surface area contributed by atoms with Gasteiger partial charge in [-0.3, -0.25) is 0 Å². The Balaban J connectivity index is 2.10. The third-order valence-corrected chi connectivity index (χ3v) is 3.67. The first-order valence-electron chi connectivity index (χ1n) is 8.49. The molecule has 0 aliphatic heterocycles. The molecule has 4 heteroatoms. The summed E-state index contributed by atoms with van der Waals surface area (Å²) >= 11 is 0. The summed E-state index contributed by atoms with van der Waals surface area (Å²) in [4.78, 5) is 13.4. The second-order valence-corrected chi connectivity index (χ2v) is 7.11. The van der Waals surface area contributed by atoms with Crippen molar-refractivity contribution in [3.05, 3.63) is 35.9 Å². The quantitative estimate of drug-likeness (QED) is 0.735. The van der Waals surface area contributed by atoms with Crippen LogP contribution >= 0.6 is 0 Å². The summed E-state index contributed by atoms with van der Waals surface area (Å²) in [5.41, 5.74) is 0.955. The van der Waals surface area contributed by atoms with Gasteiger partial charge in [0.2, 0.25) is 0 Å². The highest BCUT2D eigenvalue weighted by atomic mass is 16.6. The summed E-state index contributed by atoms with van der Waals surface area (Å²) in [7, 11) is 1.78. The number of nitrogens with zero attached hydrogens (tertiary/aromatic N) is 1. The summed E-state index contributed by atoms with van der Waals surface area (Å²) in [6, 6.07) is 10.6. The second-order valence-electron chi connectivity index (χ2n) is 7.11. The summed E-state index contributed by atoms with van der Waals surface area (Å²) in [5.74, 6) is 0.563. The van der Waals surface area contributed by atoms with E-state index in [2.05, 4.69) is 42.6 Å². The molecule has 0 bridgehead atoms. The third-order valence-electron chi connectivity index (χ3n) is 3.67. The Morgan fingerprint density at radius 3 is 2.48 bits per heavy atom. The van der Waals surface area contributed by atoms with E-state index in [9.17, 15) is 4.79 Å². The molecule has 4 nitrogen and oxygen atoms in total. The minimum atomic E-state index is -0.433. The fourth-order valence-electron chi connectivity index (χ4n) is 2.26. The van der Waals surface area contributed by atoms with Gasteiger partial charge in [0.1, 0.15) is 5.60 Å². The topological polar surface area (TPSA) is 41.6 Å². The molecule has 0 aliphatic rings. The molecule has 0 saturated carbocycles. The Morgan fingerprint density at radius 2 is 1.87 bits per heavy atom. The Kier molecular flexibility index (Phi) is 8.10. The molecule has 0 aliphatic carbocycles. The van der Waals surface area contributed by atoms with E-state index >= 15 is 0 Å². The molecular formula is C19H32N2O2. The first kappa shape index (κ1) is 19.5. The van der Waals surface area contributed by atoms with Crippen LogP contribution in [-0.4, -0.2) is 43.3 Å². The monoisotopic (exact) mass is 320 g/mol. The van der Waals surface area contributed by atoms with Crippen molar-refractivity contribution < 1.29 is 9.53 Å². The van der Waals surface area contributed by atoms with Crippen molar-refractivity contribution in [2.45, 2.75) is 52.1 Å². The van der Waals surface area contributed by atoms with Crippen LogP contribution in [0.25, 0.3) is 0 Å². The molecule has 1 rings (SSSR count). The smallest absolute Gasteiger partial charge is 0.410 e. The lowest BCUT2D eigenvalue weighted by Crippen LogP contribution is -2.35. The van der Waals surface area contributed by atoms with Crippen LogP contribution in [0.15, 0.2) is 30.3 Å². The third kappa shape index (κ3) is 8.60. The number of hydrogen-bond donors (Lipinski definition) is 1. The van der Waals surface area contributed by atoms with Crippen molar-refractivity contribution in [1.29, 1.82) is 0 Å². The average Bonchev–Trinajstić information content (AvgIpc) is 2.49. The van der Waals surface area contributed by atoms with Gasteiger partial charge in [0.15, 0.2) is 0 Å². The average molecular weight is 320 g/mol. The zero-order chi connectivity index (χ0) is 17.3. The number of rotatable bonds is 8. The number of ether oxygens (including phenoxy) is 1. The lowest BCUT2D eigenvalue weighted by Gasteiger charge is -2.24. The van der Waals surface area contributed by atoms with Crippen molar-refractivity contribution in [3.63, 3.8) is 0 Å². The van der Waals surface area contributed by atoms with Crippen molar-refractivity contribution in [3.8, 4) is 0 Å². The highest BCUT2D eigenvalue weighted by Crippen LogP contribution is 2.17. The van der Waals surface area contributed by atoms with Crippen LogP contribution in [0.5, 0.6) is 0 Å². The van der Waals surface area contributed by atoms with E-state index < -0.39 is 5.60 Å². The van der Waals surface area contributed by atoms with E-state index in [1.54, 1.807) is 11.9 Å². The van der Waals surface area contributed by atoms with Crippen LogP contribution in [0.4, 0.5) is 4.79 Å². The molecule has 1 aromatic rings. The fraction of sp³-hybridized carbons (Fsp3) is 0.632. The summed E-state index contributed by atoms with van der Waals surface area (Å²) in [5, 5.41) is 3.45. The van der Waals surface area contributed by atoms with Gasteiger partial charge in [-0.25, -0.2) is 4.79 Å². The summed E-state index contributed by atoms with van der Waals surface area (Å²) in [6.07, 6.45) is 1.79. The van der Waals surface area contributed by atoms with Crippen molar-refractivity contribution >= 4 is 6.09 Å². The number of amides is 1. The largest absolute Gasteiger partial charge is 0.444 e. The van der Waals surface area contributed by atoms with Crippen molar-refractivity contribution in [2.24, 2.45) is 0 Å². The van der Waals surface area contributed by atoms with Gasteiger partial charge in [0.25, 0.3) is 0 Å². The van der Waals surface area contributed by atoms with E-state index in [4.69, 9.17) is 4.74 Å². The van der Waals surface area contributed by atoms with Gasteiger partial charge in [-0.2, -0.15) is 0 Å². The van der Waals surface area contributed by atoms with Crippen molar-refractivity contribution in [1.82, 2.24) is 10.2 Å². The fourth-order valence-corrected chi connectivity index (χ4v) is 2.26. The molecule has 0 heterocycles.